The average molecular weight is 277 g/mol. The second kappa shape index (κ2) is 3.65. The zero-order chi connectivity index (χ0) is 14.7. The molecule has 0 aliphatic carbocycles. The molecule has 1 unspecified atom stereocenters. The molecule has 3 rings (SSSR count). The second-order valence-corrected chi connectivity index (χ2v) is 4.83. The summed E-state index contributed by atoms with van der Waals surface area (Å²) in [5.74, 6) is 0.135. The number of aromatic nitrogens is 4. The number of hydrogen-bond donors (Lipinski definition) is 2. The molecule has 2 aromatic heterocycles. The maximum Gasteiger partial charge on any atom is 0.436 e. The Morgan fingerprint density at radius 1 is 1.45 bits per heavy atom. The van der Waals surface area contributed by atoms with Gasteiger partial charge in [0.15, 0.2) is 5.41 Å². The largest absolute Gasteiger partial charge is 0.436 e. The highest BCUT2D eigenvalue weighted by Crippen LogP contribution is 2.41. The van der Waals surface area contributed by atoms with Gasteiger partial charge in [0, 0.05) is 14.0 Å². The molecular weight excluding hydrogens is 264 g/mol. The molecule has 0 bridgehead atoms. The summed E-state index contributed by atoms with van der Waals surface area (Å²) in [6.07, 6.45) is 0. The molecule has 9 nitrogen and oxygen atoms in total. The Morgan fingerprint density at radius 3 is 2.75 bits per heavy atom. The molecule has 0 radical (unpaired) electrons. The maximum absolute atomic E-state index is 12.3. The average Bonchev–Trinajstić information content (AvgIpc) is 2.80. The van der Waals surface area contributed by atoms with E-state index in [1.165, 1.54) is 7.05 Å². The van der Waals surface area contributed by atoms with Crippen LogP contribution in [0.5, 0.6) is 0 Å². The van der Waals surface area contributed by atoms with Crippen molar-refractivity contribution < 1.29 is 14.2 Å². The van der Waals surface area contributed by atoms with Crippen molar-refractivity contribution in [2.24, 2.45) is 7.05 Å². The Labute approximate surface area is 112 Å². The van der Waals surface area contributed by atoms with E-state index in [0.29, 0.717) is 17.2 Å². The predicted molar refractivity (Wildman–Crippen MR) is 66.8 cm³/mol. The number of hydrogen-bond acceptors (Lipinski definition) is 6. The molecule has 1 aliphatic heterocycles. The minimum Gasteiger partial charge on any atom is -0.391 e. The lowest BCUT2D eigenvalue weighted by atomic mass is 9.84. The summed E-state index contributed by atoms with van der Waals surface area (Å²) >= 11 is 0. The summed E-state index contributed by atoms with van der Waals surface area (Å²) in [6, 6.07) is 0. The number of nitrogens with zero attached hydrogens (tertiary/aromatic N) is 3. The number of carbonyl (C=O) groups excluding carboxylic acids is 1. The first-order chi connectivity index (χ1) is 9.34. The number of fused-ring (bicyclic) bond motifs is 1. The van der Waals surface area contributed by atoms with Crippen molar-refractivity contribution in [1.29, 1.82) is 0 Å². The summed E-state index contributed by atoms with van der Waals surface area (Å²) < 4.78 is 6.07. The lowest BCUT2D eigenvalue weighted by Gasteiger charge is -2.14. The van der Waals surface area contributed by atoms with Gasteiger partial charge in [-0.2, -0.15) is 4.68 Å². The van der Waals surface area contributed by atoms with Crippen LogP contribution in [0.1, 0.15) is 24.2 Å². The molecule has 9 heteroatoms. The third kappa shape index (κ3) is 1.40. The standard InChI is InChI=1S/C11H12N6O3/c1-4-13-6(12)5-7(14-4)15-8(18)11(5,2)9-16-17(3)10(19)20-9/h1-3H3,(H3,12,13,14,15,18)/p+1. The highest BCUT2D eigenvalue weighted by Gasteiger charge is 2.55. The van der Waals surface area contributed by atoms with E-state index in [2.05, 4.69) is 20.4 Å². The summed E-state index contributed by atoms with van der Waals surface area (Å²) in [7, 11) is 1.44. The first kappa shape index (κ1) is 12.3. The third-order valence-corrected chi connectivity index (χ3v) is 3.41. The van der Waals surface area contributed by atoms with Crippen molar-refractivity contribution in [2.75, 3.05) is 11.1 Å². The quantitative estimate of drug-likeness (QED) is 0.668. The molecule has 0 saturated heterocycles. The van der Waals surface area contributed by atoms with E-state index in [4.69, 9.17) is 10.2 Å². The Balaban J connectivity index is 2.31. The molecule has 1 aliphatic rings. The zero-order valence-electron chi connectivity index (χ0n) is 11.1. The molecule has 104 valence electrons. The van der Waals surface area contributed by atoms with Crippen LogP contribution in [0.4, 0.5) is 11.6 Å². The Bertz CT molecular complexity index is 792. The Kier molecular flexibility index (Phi) is 2.25. The normalized spacial score (nSPS) is 20.9. The molecule has 4 N–H and O–H groups in total. The number of anilines is 2. The second-order valence-electron chi connectivity index (χ2n) is 4.83. The van der Waals surface area contributed by atoms with Crippen LogP contribution in [0, 0.1) is 6.92 Å². The number of nitrogens with one attached hydrogen (secondary N) is 2. The minimum absolute atomic E-state index is 0.0213. The number of aryl methyl sites for hydroxylation is 2. The molecule has 1 atom stereocenters. The van der Waals surface area contributed by atoms with Crippen molar-refractivity contribution >= 4 is 17.5 Å². The highest BCUT2D eigenvalue weighted by atomic mass is 16.4. The zero-order valence-corrected chi connectivity index (χ0v) is 11.1. The molecule has 0 fully saturated rings. The van der Waals surface area contributed by atoms with Crippen LogP contribution in [0.2, 0.25) is 0 Å². The summed E-state index contributed by atoms with van der Waals surface area (Å²) in [4.78, 5) is 30.8. The smallest absolute Gasteiger partial charge is 0.391 e. The van der Waals surface area contributed by atoms with Crippen LogP contribution in [-0.2, 0) is 17.3 Å². The van der Waals surface area contributed by atoms with Gasteiger partial charge in [-0.3, -0.25) is 4.79 Å². The number of aromatic amines is 1. The van der Waals surface area contributed by atoms with Gasteiger partial charge in [-0.25, -0.2) is 15.1 Å². The number of nitrogen functional groups attached to an aromatic ring is 1. The summed E-state index contributed by atoms with van der Waals surface area (Å²) in [6.45, 7) is 3.31. The van der Waals surface area contributed by atoms with E-state index in [9.17, 15) is 9.59 Å². The van der Waals surface area contributed by atoms with Gasteiger partial charge < -0.3 is 10.2 Å². The number of rotatable bonds is 1. The van der Waals surface area contributed by atoms with E-state index in [0.717, 1.165) is 4.68 Å². The van der Waals surface area contributed by atoms with Crippen LogP contribution < -0.4 is 21.8 Å². The monoisotopic (exact) mass is 277 g/mol. The van der Waals surface area contributed by atoms with Crippen LogP contribution >= 0.6 is 0 Å². The molecule has 0 aromatic carbocycles. The summed E-state index contributed by atoms with van der Waals surface area (Å²) in [5, 5.41) is 6.63. The van der Waals surface area contributed by atoms with Gasteiger partial charge in [-0.1, -0.05) is 4.98 Å². The molecular formula is C11H13N6O3+. The van der Waals surface area contributed by atoms with Gasteiger partial charge in [0.1, 0.15) is 5.56 Å². The van der Waals surface area contributed by atoms with Gasteiger partial charge in [-0.05, 0) is 6.92 Å². The lowest BCUT2D eigenvalue weighted by molar-refractivity contribution is -0.375. The van der Waals surface area contributed by atoms with Gasteiger partial charge in [0.2, 0.25) is 23.4 Å². The fourth-order valence-electron chi connectivity index (χ4n) is 2.34. The highest BCUT2D eigenvalue weighted by molar-refractivity contribution is 6.07. The number of nitrogens with two attached hydrogens (primary N) is 1. The van der Waals surface area contributed by atoms with E-state index >= 15 is 0 Å². The van der Waals surface area contributed by atoms with Crippen molar-refractivity contribution in [3.63, 3.8) is 0 Å². The van der Waals surface area contributed by atoms with Crippen molar-refractivity contribution in [2.45, 2.75) is 19.3 Å². The van der Waals surface area contributed by atoms with Gasteiger partial charge >= 0.3 is 11.7 Å². The number of H-pyrrole nitrogens is 1. The first-order valence-corrected chi connectivity index (χ1v) is 5.90. The maximum atomic E-state index is 12.3. The molecule has 3 heterocycles. The molecule has 20 heavy (non-hydrogen) atoms. The molecule has 1 amide bonds. The molecule has 0 saturated carbocycles. The van der Waals surface area contributed by atoms with E-state index in [-0.39, 0.29) is 17.6 Å². The first-order valence-electron chi connectivity index (χ1n) is 5.90. The van der Waals surface area contributed by atoms with Gasteiger partial charge in [0.25, 0.3) is 0 Å². The van der Waals surface area contributed by atoms with Crippen LogP contribution in [0.15, 0.2) is 9.21 Å². The number of amides is 1. The predicted octanol–water partition coefficient (Wildman–Crippen LogP) is -1.27. The van der Waals surface area contributed by atoms with Crippen molar-refractivity contribution in [1.82, 2.24) is 14.8 Å². The lowest BCUT2D eigenvalue weighted by Crippen LogP contribution is -2.33. The van der Waals surface area contributed by atoms with Crippen molar-refractivity contribution in [3.8, 4) is 0 Å². The Morgan fingerprint density at radius 2 is 2.15 bits per heavy atom. The topological polar surface area (TPSA) is 130 Å². The number of carbonyl (C=O) groups is 1. The molecule has 2 aromatic rings. The third-order valence-electron chi connectivity index (χ3n) is 3.41. The van der Waals surface area contributed by atoms with E-state index < -0.39 is 11.2 Å². The summed E-state index contributed by atoms with van der Waals surface area (Å²) in [5.41, 5.74) is 5.05. The van der Waals surface area contributed by atoms with Gasteiger partial charge in [-0.15, -0.1) is 5.10 Å². The van der Waals surface area contributed by atoms with Crippen LogP contribution in [0.25, 0.3) is 0 Å². The minimum atomic E-state index is -1.29. The fraction of sp³-hybridized carbons (Fsp3) is 0.364. The SMILES string of the molecule is Cc1nc(N)c2c([nH+]1)NC(=O)C2(C)c1nn(C)c(=O)o1. The van der Waals surface area contributed by atoms with E-state index in [1.807, 2.05) is 0 Å². The fourth-order valence-corrected chi connectivity index (χ4v) is 2.34. The van der Waals surface area contributed by atoms with Gasteiger partial charge in [0.05, 0.1) is 0 Å². The molecule has 0 spiro atoms. The van der Waals surface area contributed by atoms with E-state index in [1.54, 1.807) is 13.8 Å². The van der Waals surface area contributed by atoms with Crippen LogP contribution in [0.3, 0.4) is 0 Å². The Hall–Kier alpha value is -2.71. The van der Waals surface area contributed by atoms with Crippen LogP contribution in [-0.4, -0.2) is 20.7 Å². The van der Waals surface area contributed by atoms with Crippen molar-refractivity contribution in [3.05, 3.63) is 27.8 Å².